The van der Waals surface area contributed by atoms with E-state index in [1.165, 1.54) is 49.0 Å². The molecule has 1 saturated heterocycles. The molecular formula is C30H26O2. The molecule has 0 spiro atoms. The van der Waals surface area contributed by atoms with Crippen LogP contribution in [0.3, 0.4) is 0 Å². The zero-order chi connectivity index (χ0) is 21.3. The van der Waals surface area contributed by atoms with E-state index >= 15 is 0 Å². The maximum atomic E-state index is 6.19. The minimum atomic E-state index is -0.443. The molecule has 1 aliphatic carbocycles. The molecule has 1 saturated carbocycles. The van der Waals surface area contributed by atoms with E-state index in [1.54, 1.807) is 0 Å². The molecule has 2 atom stereocenters. The molecule has 2 aliphatic rings. The van der Waals surface area contributed by atoms with Crippen LogP contribution in [0.15, 0.2) is 78.9 Å². The fraction of sp³-hybridized carbons (Fsp3) is 0.267. The van der Waals surface area contributed by atoms with E-state index in [2.05, 4.69) is 78.9 Å². The summed E-state index contributed by atoms with van der Waals surface area (Å²) < 4.78 is 12.2. The van der Waals surface area contributed by atoms with E-state index in [0.29, 0.717) is 0 Å². The van der Waals surface area contributed by atoms with Gasteiger partial charge in [-0.1, -0.05) is 78.9 Å². The third kappa shape index (κ3) is 2.27. The molecule has 0 amide bonds. The van der Waals surface area contributed by atoms with Crippen molar-refractivity contribution < 1.29 is 9.47 Å². The van der Waals surface area contributed by atoms with Crippen molar-refractivity contribution in [1.82, 2.24) is 0 Å². The first-order valence-electron chi connectivity index (χ1n) is 11.7. The summed E-state index contributed by atoms with van der Waals surface area (Å²) in [7, 11) is 1.81. The molecule has 2 nitrogen and oxygen atoms in total. The first kappa shape index (κ1) is 18.6. The molecule has 1 aliphatic heterocycles. The first-order valence-corrected chi connectivity index (χ1v) is 11.7. The summed E-state index contributed by atoms with van der Waals surface area (Å²) >= 11 is 0. The van der Waals surface area contributed by atoms with E-state index in [1.807, 2.05) is 7.11 Å². The fourth-order valence-electron chi connectivity index (χ4n) is 6.79. The molecule has 2 fully saturated rings. The Hall–Kier alpha value is -2.94. The summed E-state index contributed by atoms with van der Waals surface area (Å²) in [5, 5.41) is 8.01. The van der Waals surface area contributed by atoms with E-state index in [9.17, 15) is 0 Å². The molecule has 32 heavy (non-hydrogen) atoms. The summed E-state index contributed by atoms with van der Waals surface area (Å²) in [6, 6.07) is 29.4. The monoisotopic (exact) mass is 418 g/mol. The molecule has 7 rings (SSSR count). The van der Waals surface area contributed by atoms with Crippen LogP contribution in [0.1, 0.15) is 31.2 Å². The van der Waals surface area contributed by atoms with Crippen molar-refractivity contribution >= 4 is 32.3 Å². The number of hydrogen-bond donors (Lipinski definition) is 0. The van der Waals surface area contributed by atoms with Crippen LogP contribution in [0, 0.1) is 0 Å². The van der Waals surface area contributed by atoms with E-state index in [4.69, 9.17) is 9.47 Å². The minimum Gasteiger partial charge on any atom is -0.352 e. The Morgan fingerprint density at radius 3 is 2.22 bits per heavy atom. The highest BCUT2D eigenvalue weighted by Gasteiger charge is 2.60. The zero-order valence-electron chi connectivity index (χ0n) is 18.4. The van der Waals surface area contributed by atoms with Crippen LogP contribution in [0.25, 0.3) is 43.4 Å². The van der Waals surface area contributed by atoms with Crippen molar-refractivity contribution in [3.63, 3.8) is 0 Å². The van der Waals surface area contributed by atoms with Crippen molar-refractivity contribution in [2.75, 3.05) is 13.7 Å². The van der Waals surface area contributed by atoms with E-state index in [0.717, 1.165) is 32.3 Å². The van der Waals surface area contributed by atoms with Gasteiger partial charge in [-0.05, 0) is 68.3 Å². The Morgan fingerprint density at radius 1 is 0.719 bits per heavy atom. The lowest BCUT2D eigenvalue weighted by molar-refractivity contribution is -0.213. The van der Waals surface area contributed by atoms with Gasteiger partial charge < -0.3 is 9.47 Å². The Kier molecular flexibility index (Phi) is 3.80. The molecule has 0 aromatic heterocycles. The van der Waals surface area contributed by atoms with Gasteiger partial charge in [-0.2, -0.15) is 0 Å². The van der Waals surface area contributed by atoms with Crippen LogP contribution in [-0.4, -0.2) is 19.5 Å². The van der Waals surface area contributed by atoms with Gasteiger partial charge in [0.25, 0.3) is 0 Å². The second kappa shape index (κ2) is 6.54. The average molecular weight is 419 g/mol. The van der Waals surface area contributed by atoms with Gasteiger partial charge in [0.05, 0.1) is 12.0 Å². The molecule has 0 N–H and O–H groups in total. The van der Waals surface area contributed by atoms with Gasteiger partial charge in [-0.3, -0.25) is 0 Å². The van der Waals surface area contributed by atoms with Gasteiger partial charge in [-0.15, -0.1) is 0 Å². The highest BCUT2D eigenvalue weighted by molar-refractivity contribution is 6.25. The van der Waals surface area contributed by atoms with Crippen molar-refractivity contribution in [2.45, 2.75) is 36.9 Å². The maximum absolute atomic E-state index is 6.19. The number of fused-ring (bicyclic) bond motifs is 1. The molecule has 158 valence electrons. The minimum absolute atomic E-state index is 0.0110. The lowest BCUT2D eigenvalue weighted by atomic mass is 9.74. The number of methoxy groups -OCH3 is 1. The van der Waals surface area contributed by atoms with Gasteiger partial charge in [0.1, 0.15) is 0 Å². The molecule has 5 aromatic rings. The highest BCUT2D eigenvalue weighted by Crippen LogP contribution is 2.57. The predicted molar refractivity (Wildman–Crippen MR) is 131 cm³/mol. The van der Waals surface area contributed by atoms with Crippen molar-refractivity contribution in [2.24, 2.45) is 0 Å². The third-order valence-electron chi connectivity index (χ3n) is 8.31. The smallest absolute Gasteiger partial charge is 0.177 e. The second-order valence-corrected chi connectivity index (χ2v) is 9.54. The maximum Gasteiger partial charge on any atom is 0.177 e. The zero-order valence-corrected chi connectivity index (χ0v) is 18.4. The van der Waals surface area contributed by atoms with Crippen LogP contribution in [0.5, 0.6) is 0 Å². The number of benzene rings is 5. The van der Waals surface area contributed by atoms with Crippen molar-refractivity contribution in [3.05, 3.63) is 84.4 Å². The SMILES string of the molecule is CO[C@]12CCC[C@@]1(c1ccc(-c3ccc4ccc5cccc6ccc3c4c56)cc1)CCO2. The van der Waals surface area contributed by atoms with Crippen LogP contribution in [-0.2, 0) is 14.9 Å². The Balaban J connectivity index is 1.39. The first-order chi connectivity index (χ1) is 15.7. The molecule has 5 aromatic carbocycles. The normalized spacial score (nSPS) is 25.3. The highest BCUT2D eigenvalue weighted by atomic mass is 16.7. The summed E-state index contributed by atoms with van der Waals surface area (Å²) in [5.74, 6) is -0.443. The number of ether oxygens (including phenoxy) is 2. The van der Waals surface area contributed by atoms with Crippen LogP contribution in [0.2, 0.25) is 0 Å². The van der Waals surface area contributed by atoms with Crippen LogP contribution >= 0.6 is 0 Å². The topological polar surface area (TPSA) is 18.5 Å². The predicted octanol–water partition coefficient (Wildman–Crippen LogP) is 7.44. The summed E-state index contributed by atoms with van der Waals surface area (Å²) in [6.07, 6.45) is 4.32. The van der Waals surface area contributed by atoms with Gasteiger partial charge in [-0.25, -0.2) is 0 Å². The quantitative estimate of drug-likeness (QED) is 0.284. The van der Waals surface area contributed by atoms with Gasteiger partial charge in [0.15, 0.2) is 5.79 Å². The molecule has 2 heteroatoms. The van der Waals surface area contributed by atoms with Crippen LogP contribution < -0.4 is 0 Å². The van der Waals surface area contributed by atoms with Gasteiger partial charge in [0, 0.05) is 13.5 Å². The Labute approximate surface area is 188 Å². The lowest BCUT2D eigenvalue weighted by Gasteiger charge is -2.38. The van der Waals surface area contributed by atoms with Gasteiger partial charge in [0.2, 0.25) is 0 Å². The number of hydrogen-bond acceptors (Lipinski definition) is 2. The lowest BCUT2D eigenvalue weighted by Crippen LogP contribution is -2.45. The largest absolute Gasteiger partial charge is 0.352 e. The molecule has 0 unspecified atom stereocenters. The van der Waals surface area contributed by atoms with E-state index < -0.39 is 5.79 Å². The second-order valence-electron chi connectivity index (χ2n) is 9.54. The molecule has 0 bridgehead atoms. The Bertz CT molecular complexity index is 1440. The summed E-state index contributed by atoms with van der Waals surface area (Å²) in [5.41, 5.74) is 3.91. The van der Waals surface area contributed by atoms with Crippen molar-refractivity contribution in [3.8, 4) is 11.1 Å². The van der Waals surface area contributed by atoms with Crippen molar-refractivity contribution in [1.29, 1.82) is 0 Å². The van der Waals surface area contributed by atoms with Crippen LogP contribution in [0.4, 0.5) is 0 Å². The molecule has 1 heterocycles. The van der Waals surface area contributed by atoms with E-state index in [-0.39, 0.29) is 5.41 Å². The fourth-order valence-corrected chi connectivity index (χ4v) is 6.79. The summed E-state index contributed by atoms with van der Waals surface area (Å²) in [6.45, 7) is 0.782. The molecular weight excluding hydrogens is 392 g/mol. The van der Waals surface area contributed by atoms with Gasteiger partial charge >= 0.3 is 0 Å². The Morgan fingerprint density at radius 2 is 1.44 bits per heavy atom. The summed E-state index contributed by atoms with van der Waals surface area (Å²) in [4.78, 5) is 0. The molecule has 0 radical (unpaired) electrons. The standard InChI is InChI=1S/C30H26O2/c1-31-30-17-3-16-29(30,18-19-32-30)24-12-8-20(9-13-24)25-14-10-23-7-6-21-4-2-5-22-11-15-26(25)28(23)27(21)22/h2,4-15H,3,16-19H2,1H3/t29-,30-/m0/s1. The number of rotatable bonds is 3. The third-order valence-corrected chi connectivity index (χ3v) is 8.31. The average Bonchev–Trinajstić information content (AvgIpc) is 3.39.